The van der Waals surface area contributed by atoms with Crippen LogP contribution in [0.3, 0.4) is 0 Å². The molecule has 0 heterocycles. The lowest BCUT2D eigenvalue weighted by Gasteiger charge is -2.11. The van der Waals surface area contributed by atoms with Crippen LogP contribution >= 0.6 is 0 Å². The quantitative estimate of drug-likeness (QED) is 0.761. The molecule has 0 bridgehead atoms. The summed E-state index contributed by atoms with van der Waals surface area (Å²) in [6.45, 7) is 8.20. The Morgan fingerprint density at radius 1 is 1.35 bits per heavy atom. The molecule has 0 amide bonds. The van der Waals surface area contributed by atoms with Crippen LogP contribution < -0.4 is 10.1 Å². The normalized spacial score (nSPS) is 12.7. The van der Waals surface area contributed by atoms with Crippen LogP contribution in [-0.4, -0.2) is 23.6 Å². The molecule has 0 radical (unpaired) electrons. The number of ether oxygens (including phenoxy) is 1. The lowest BCUT2D eigenvalue weighted by Crippen LogP contribution is -2.12. The van der Waals surface area contributed by atoms with E-state index in [1.54, 1.807) is 7.11 Å². The van der Waals surface area contributed by atoms with Gasteiger partial charge < -0.3 is 10.1 Å². The van der Waals surface area contributed by atoms with Crippen molar-refractivity contribution in [3.63, 3.8) is 0 Å². The molecule has 1 aromatic carbocycles. The lowest BCUT2D eigenvalue weighted by molar-refractivity contribution is 0.411. The first-order valence-electron chi connectivity index (χ1n) is 7.28. The second kappa shape index (κ2) is 9.14. The summed E-state index contributed by atoms with van der Waals surface area (Å²) >= 11 is 0. The predicted octanol–water partition coefficient (Wildman–Crippen LogP) is 3.10. The van der Waals surface area contributed by atoms with Gasteiger partial charge in [-0.1, -0.05) is 26.8 Å². The zero-order valence-electron chi connectivity index (χ0n) is 13.1. The Balaban J connectivity index is 2.72. The van der Waals surface area contributed by atoms with Crippen molar-refractivity contribution in [3.05, 3.63) is 29.3 Å². The number of benzene rings is 1. The number of hydrogen-bond acceptors (Lipinski definition) is 3. The van der Waals surface area contributed by atoms with Crippen LogP contribution in [0.1, 0.15) is 38.3 Å². The summed E-state index contributed by atoms with van der Waals surface area (Å²) in [7, 11) is 0.849. The third-order valence-electron chi connectivity index (χ3n) is 3.16. The molecule has 0 aliphatic carbocycles. The highest BCUT2D eigenvalue weighted by molar-refractivity contribution is 7.84. The molecule has 0 fully saturated rings. The van der Waals surface area contributed by atoms with E-state index in [2.05, 4.69) is 38.2 Å². The molecule has 0 spiro atoms. The Kier molecular flexibility index (Phi) is 7.85. The van der Waals surface area contributed by atoms with Crippen molar-refractivity contribution in [1.82, 2.24) is 5.32 Å². The average molecular weight is 297 g/mol. The van der Waals surface area contributed by atoms with Crippen LogP contribution in [0.4, 0.5) is 0 Å². The Labute approximate surface area is 125 Å². The Morgan fingerprint density at radius 3 is 2.70 bits per heavy atom. The van der Waals surface area contributed by atoms with Crippen LogP contribution in [-0.2, 0) is 23.1 Å². The van der Waals surface area contributed by atoms with Crippen LogP contribution in [0, 0.1) is 5.92 Å². The first-order chi connectivity index (χ1) is 9.56. The van der Waals surface area contributed by atoms with Gasteiger partial charge in [-0.3, -0.25) is 4.21 Å². The maximum absolute atomic E-state index is 12.2. The van der Waals surface area contributed by atoms with Gasteiger partial charge in [-0.05, 0) is 36.6 Å². The van der Waals surface area contributed by atoms with Gasteiger partial charge in [0.25, 0.3) is 0 Å². The number of hydrogen-bond donors (Lipinski definition) is 1. The lowest BCUT2D eigenvalue weighted by atomic mass is 10.1. The van der Waals surface area contributed by atoms with Crippen molar-refractivity contribution in [3.8, 4) is 5.75 Å². The minimum absolute atomic E-state index is 0.579. The van der Waals surface area contributed by atoms with Gasteiger partial charge in [-0.2, -0.15) is 0 Å². The highest BCUT2D eigenvalue weighted by Crippen LogP contribution is 2.22. The highest BCUT2D eigenvalue weighted by Gasteiger charge is 2.09. The zero-order chi connectivity index (χ0) is 15.0. The highest BCUT2D eigenvalue weighted by atomic mass is 32.2. The van der Waals surface area contributed by atoms with E-state index in [0.29, 0.717) is 11.7 Å². The molecule has 1 aromatic rings. The largest absolute Gasteiger partial charge is 0.496 e. The molecule has 1 atom stereocenters. The molecule has 1 unspecified atom stereocenters. The van der Waals surface area contributed by atoms with Crippen molar-refractivity contribution in [2.75, 3.05) is 19.4 Å². The SMILES string of the molecule is CCNCc1ccc(OC)c(CS(=O)CCC(C)C)c1. The molecule has 20 heavy (non-hydrogen) atoms. The Bertz CT molecular complexity index is 432. The van der Waals surface area contributed by atoms with Crippen molar-refractivity contribution in [2.24, 2.45) is 5.92 Å². The third-order valence-corrected chi connectivity index (χ3v) is 4.49. The van der Waals surface area contributed by atoms with Gasteiger partial charge in [-0.15, -0.1) is 0 Å². The molecule has 0 saturated carbocycles. The summed E-state index contributed by atoms with van der Waals surface area (Å²) < 4.78 is 17.5. The fourth-order valence-electron chi connectivity index (χ4n) is 1.94. The second-order valence-corrected chi connectivity index (χ2v) is 6.97. The maximum Gasteiger partial charge on any atom is 0.123 e. The molecule has 0 aromatic heterocycles. The standard InChI is InChI=1S/C16H27NO2S/c1-5-17-11-14-6-7-16(19-4)15(10-14)12-20(18)9-8-13(2)3/h6-7,10,13,17H,5,8-9,11-12H2,1-4H3. The number of methoxy groups -OCH3 is 1. The smallest absolute Gasteiger partial charge is 0.123 e. The van der Waals surface area contributed by atoms with E-state index in [1.165, 1.54) is 5.56 Å². The predicted molar refractivity (Wildman–Crippen MR) is 86.5 cm³/mol. The van der Waals surface area contributed by atoms with Crippen LogP contribution in [0.25, 0.3) is 0 Å². The monoisotopic (exact) mass is 297 g/mol. The van der Waals surface area contributed by atoms with Crippen LogP contribution in [0.2, 0.25) is 0 Å². The number of nitrogens with one attached hydrogen (secondary N) is 1. The summed E-state index contributed by atoms with van der Waals surface area (Å²) in [5.74, 6) is 2.78. The van der Waals surface area contributed by atoms with Gasteiger partial charge in [0.1, 0.15) is 5.75 Å². The van der Waals surface area contributed by atoms with Crippen molar-refractivity contribution >= 4 is 10.8 Å². The summed E-state index contributed by atoms with van der Waals surface area (Å²) in [4.78, 5) is 0. The molecule has 1 rings (SSSR count). The van der Waals surface area contributed by atoms with Gasteiger partial charge in [0.15, 0.2) is 0 Å². The molecule has 3 nitrogen and oxygen atoms in total. The van der Waals surface area contributed by atoms with Crippen molar-refractivity contribution < 1.29 is 8.95 Å². The first-order valence-corrected chi connectivity index (χ1v) is 8.77. The molecule has 4 heteroatoms. The van der Waals surface area contributed by atoms with Gasteiger partial charge in [0, 0.05) is 28.7 Å². The van der Waals surface area contributed by atoms with E-state index < -0.39 is 10.8 Å². The summed E-state index contributed by atoms with van der Waals surface area (Å²) in [5.41, 5.74) is 2.26. The van der Waals surface area contributed by atoms with E-state index in [1.807, 2.05) is 6.07 Å². The van der Waals surface area contributed by atoms with Gasteiger partial charge >= 0.3 is 0 Å². The molecular formula is C16H27NO2S. The van der Waals surface area contributed by atoms with E-state index in [4.69, 9.17) is 4.74 Å². The van der Waals surface area contributed by atoms with E-state index in [9.17, 15) is 4.21 Å². The summed E-state index contributed by atoms with van der Waals surface area (Å²) in [6, 6.07) is 6.14. The van der Waals surface area contributed by atoms with Crippen LogP contribution in [0.5, 0.6) is 5.75 Å². The average Bonchev–Trinajstić information content (AvgIpc) is 2.43. The Hall–Kier alpha value is -0.870. The third kappa shape index (κ3) is 6.06. The van der Waals surface area contributed by atoms with Crippen molar-refractivity contribution in [2.45, 2.75) is 39.5 Å². The van der Waals surface area contributed by atoms with E-state index >= 15 is 0 Å². The molecule has 0 aliphatic heterocycles. The Morgan fingerprint density at radius 2 is 2.10 bits per heavy atom. The first kappa shape index (κ1) is 17.2. The topological polar surface area (TPSA) is 38.3 Å². The van der Waals surface area contributed by atoms with Crippen molar-refractivity contribution in [1.29, 1.82) is 0 Å². The maximum atomic E-state index is 12.2. The van der Waals surface area contributed by atoms with Gasteiger partial charge in [0.05, 0.1) is 12.9 Å². The van der Waals surface area contributed by atoms with Crippen LogP contribution in [0.15, 0.2) is 18.2 Å². The van der Waals surface area contributed by atoms with Gasteiger partial charge in [-0.25, -0.2) is 0 Å². The fourth-order valence-corrected chi connectivity index (χ4v) is 3.39. The fraction of sp³-hybridized carbons (Fsp3) is 0.625. The molecule has 0 aliphatic rings. The second-order valence-electron chi connectivity index (χ2n) is 5.40. The molecule has 0 saturated heterocycles. The zero-order valence-corrected chi connectivity index (χ0v) is 13.9. The molecular weight excluding hydrogens is 270 g/mol. The minimum Gasteiger partial charge on any atom is -0.496 e. The summed E-state index contributed by atoms with van der Waals surface area (Å²) in [6.07, 6.45) is 1.01. The molecule has 1 N–H and O–H groups in total. The van der Waals surface area contributed by atoms with Gasteiger partial charge in [0.2, 0.25) is 0 Å². The van der Waals surface area contributed by atoms with E-state index in [0.717, 1.165) is 36.6 Å². The molecule has 114 valence electrons. The minimum atomic E-state index is -0.818. The number of rotatable bonds is 9. The van der Waals surface area contributed by atoms with E-state index in [-0.39, 0.29) is 0 Å². The summed E-state index contributed by atoms with van der Waals surface area (Å²) in [5, 5.41) is 3.31.